The van der Waals surface area contributed by atoms with Crippen LogP contribution in [0.25, 0.3) is 0 Å². The van der Waals surface area contributed by atoms with Crippen LogP contribution in [0.1, 0.15) is 19.3 Å². The minimum atomic E-state index is -0.0662. The maximum Gasteiger partial charge on any atom is 0.238 e. The van der Waals surface area contributed by atoms with Crippen LogP contribution in [-0.2, 0) is 9.59 Å². The molecule has 0 aromatic heterocycles. The molecule has 0 spiro atoms. The summed E-state index contributed by atoms with van der Waals surface area (Å²) < 4.78 is 0. The highest BCUT2D eigenvalue weighted by Gasteiger charge is 2.31. The topological polar surface area (TPSA) is 87.5 Å². The number of nitrogens with two attached hydrogens (primary N) is 1. The van der Waals surface area contributed by atoms with Gasteiger partial charge in [0.25, 0.3) is 0 Å². The fraction of sp³-hybridized carbons (Fsp3) is 0.529. The molecule has 2 atom stereocenters. The number of likely N-dealkylation sites (N-methyl/N-ethyl adjacent to an activating group) is 1. The molecule has 0 unspecified atom stereocenters. The van der Waals surface area contributed by atoms with Gasteiger partial charge in [-0.3, -0.25) is 9.59 Å². The van der Waals surface area contributed by atoms with Crippen LogP contribution in [0.5, 0.6) is 0 Å². The highest BCUT2D eigenvalue weighted by Crippen LogP contribution is 2.31. The van der Waals surface area contributed by atoms with Crippen molar-refractivity contribution in [2.75, 3.05) is 37.8 Å². The second kappa shape index (κ2) is 8.08. The summed E-state index contributed by atoms with van der Waals surface area (Å²) in [4.78, 5) is 25.8. The van der Waals surface area contributed by atoms with Gasteiger partial charge in [-0.2, -0.15) is 0 Å². The van der Waals surface area contributed by atoms with E-state index in [9.17, 15) is 9.59 Å². The first kappa shape index (κ1) is 17.4. The molecule has 4 N–H and O–H groups in total. The van der Waals surface area contributed by atoms with E-state index in [0.717, 1.165) is 30.6 Å². The van der Waals surface area contributed by atoms with Crippen molar-refractivity contribution < 1.29 is 9.59 Å². The summed E-state index contributed by atoms with van der Waals surface area (Å²) in [6, 6.07) is 7.18. The monoisotopic (exact) mass is 318 g/mol. The highest BCUT2D eigenvalue weighted by molar-refractivity contribution is 5.94. The normalized spacial score (nSPS) is 20.5. The molecular weight excluding hydrogens is 292 g/mol. The predicted octanol–water partition coefficient (Wildman–Crippen LogP) is 1.50. The quantitative estimate of drug-likeness (QED) is 0.742. The maximum atomic E-state index is 12.3. The van der Waals surface area contributed by atoms with Crippen LogP contribution in [-0.4, -0.2) is 43.9 Å². The molecule has 1 aliphatic rings. The van der Waals surface area contributed by atoms with Crippen molar-refractivity contribution in [2.24, 2.45) is 17.6 Å². The molecule has 0 saturated heterocycles. The summed E-state index contributed by atoms with van der Waals surface area (Å²) in [7, 11) is 3.69. The smallest absolute Gasteiger partial charge is 0.238 e. The van der Waals surface area contributed by atoms with Gasteiger partial charge in [0, 0.05) is 17.3 Å². The van der Waals surface area contributed by atoms with Crippen LogP contribution in [0.4, 0.5) is 11.4 Å². The van der Waals surface area contributed by atoms with Crippen molar-refractivity contribution in [1.82, 2.24) is 4.90 Å². The van der Waals surface area contributed by atoms with Gasteiger partial charge in [0.2, 0.25) is 11.8 Å². The lowest BCUT2D eigenvalue weighted by Crippen LogP contribution is -2.29. The number of nitrogens with one attached hydrogen (secondary N) is 2. The summed E-state index contributed by atoms with van der Waals surface area (Å²) >= 11 is 0. The number of hydrogen-bond donors (Lipinski definition) is 3. The van der Waals surface area contributed by atoms with Crippen molar-refractivity contribution in [3.63, 3.8) is 0 Å². The number of rotatable bonds is 6. The Morgan fingerprint density at radius 3 is 2.30 bits per heavy atom. The second-order valence-corrected chi connectivity index (χ2v) is 6.39. The van der Waals surface area contributed by atoms with Gasteiger partial charge in [0.15, 0.2) is 0 Å². The Labute approximate surface area is 137 Å². The van der Waals surface area contributed by atoms with Gasteiger partial charge < -0.3 is 21.3 Å². The van der Waals surface area contributed by atoms with Gasteiger partial charge in [-0.05, 0) is 63.7 Å². The standard InChI is InChI=1S/C17H26N4O2/c1-21(2)11-16(22)19-13-6-8-14(9-7-13)20-17(23)15-5-3-4-12(15)10-18/h6-9,12,15H,3-5,10-11,18H2,1-2H3,(H,19,22)(H,20,23)/t12-,15-/m1/s1. The largest absolute Gasteiger partial charge is 0.330 e. The maximum absolute atomic E-state index is 12.3. The van der Waals surface area contributed by atoms with Gasteiger partial charge >= 0.3 is 0 Å². The van der Waals surface area contributed by atoms with Gasteiger partial charge in [-0.1, -0.05) is 6.42 Å². The van der Waals surface area contributed by atoms with E-state index in [-0.39, 0.29) is 17.7 Å². The number of benzene rings is 1. The fourth-order valence-electron chi connectivity index (χ4n) is 3.02. The number of nitrogens with zero attached hydrogens (tertiary/aromatic N) is 1. The minimum absolute atomic E-state index is 0.0134. The third kappa shape index (κ3) is 5.04. The summed E-state index contributed by atoms with van der Waals surface area (Å²) in [6.45, 7) is 0.898. The molecule has 0 bridgehead atoms. The first-order valence-corrected chi connectivity index (χ1v) is 8.05. The van der Waals surface area contributed by atoms with Crippen LogP contribution in [0.15, 0.2) is 24.3 Å². The summed E-state index contributed by atoms with van der Waals surface area (Å²) in [6.07, 6.45) is 3.01. The Morgan fingerprint density at radius 2 is 1.74 bits per heavy atom. The number of carbonyl (C=O) groups is 2. The van der Waals surface area contributed by atoms with E-state index < -0.39 is 0 Å². The molecule has 23 heavy (non-hydrogen) atoms. The Kier molecular flexibility index (Phi) is 6.12. The third-order valence-electron chi connectivity index (χ3n) is 4.19. The molecule has 6 nitrogen and oxygen atoms in total. The zero-order valence-corrected chi connectivity index (χ0v) is 13.8. The molecule has 1 aromatic rings. The van der Waals surface area contributed by atoms with Crippen LogP contribution in [0, 0.1) is 11.8 Å². The van der Waals surface area contributed by atoms with Crippen molar-refractivity contribution in [2.45, 2.75) is 19.3 Å². The van der Waals surface area contributed by atoms with Gasteiger partial charge in [-0.15, -0.1) is 0 Å². The number of hydrogen-bond acceptors (Lipinski definition) is 4. The minimum Gasteiger partial charge on any atom is -0.330 e. The molecule has 2 amide bonds. The molecule has 0 radical (unpaired) electrons. The second-order valence-electron chi connectivity index (χ2n) is 6.39. The molecule has 1 fully saturated rings. The first-order chi connectivity index (χ1) is 11.0. The van der Waals surface area contributed by atoms with E-state index in [0.29, 0.717) is 19.0 Å². The fourth-order valence-corrected chi connectivity index (χ4v) is 3.02. The molecule has 1 aliphatic carbocycles. The number of carbonyl (C=O) groups excluding carboxylic acids is 2. The lowest BCUT2D eigenvalue weighted by molar-refractivity contribution is -0.120. The zero-order valence-electron chi connectivity index (χ0n) is 13.8. The van der Waals surface area contributed by atoms with Crippen LogP contribution in [0.2, 0.25) is 0 Å². The van der Waals surface area contributed by atoms with Gasteiger partial charge in [0.1, 0.15) is 0 Å². The van der Waals surface area contributed by atoms with Crippen LogP contribution >= 0.6 is 0 Å². The lowest BCUT2D eigenvalue weighted by Gasteiger charge is -2.17. The predicted molar refractivity (Wildman–Crippen MR) is 92.1 cm³/mol. The SMILES string of the molecule is CN(C)CC(=O)Nc1ccc(NC(=O)[C@@H]2CCC[C@@H]2CN)cc1. The summed E-state index contributed by atoms with van der Waals surface area (Å²) in [5.74, 6) is 0.282. The van der Waals surface area contributed by atoms with Crippen LogP contribution < -0.4 is 16.4 Å². The molecule has 0 heterocycles. The van der Waals surface area contributed by atoms with E-state index in [1.807, 2.05) is 14.1 Å². The number of amides is 2. The average Bonchev–Trinajstić information content (AvgIpc) is 2.97. The Bertz CT molecular complexity index is 542. The summed E-state index contributed by atoms with van der Waals surface area (Å²) in [5.41, 5.74) is 7.19. The molecule has 0 aliphatic heterocycles. The van der Waals surface area contributed by atoms with Crippen molar-refractivity contribution >= 4 is 23.2 Å². The molecule has 2 rings (SSSR count). The molecule has 1 saturated carbocycles. The van der Waals surface area contributed by atoms with Crippen molar-refractivity contribution in [3.8, 4) is 0 Å². The van der Waals surface area contributed by atoms with Crippen molar-refractivity contribution in [3.05, 3.63) is 24.3 Å². The van der Waals surface area contributed by atoms with E-state index in [1.54, 1.807) is 29.2 Å². The van der Waals surface area contributed by atoms with Gasteiger partial charge in [-0.25, -0.2) is 0 Å². The Balaban J connectivity index is 1.89. The molecule has 1 aromatic carbocycles. The van der Waals surface area contributed by atoms with Gasteiger partial charge in [0.05, 0.1) is 6.54 Å². The Hall–Kier alpha value is -1.92. The average molecular weight is 318 g/mol. The van der Waals surface area contributed by atoms with E-state index in [1.165, 1.54) is 0 Å². The first-order valence-electron chi connectivity index (χ1n) is 8.05. The van der Waals surface area contributed by atoms with E-state index in [2.05, 4.69) is 10.6 Å². The van der Waals surface area contributed by atoms with Crippen molar-refractivity contribution in [1.29, 1.82) is 0 Å². The highest BCUT2D eigenvalue weighted by atomic mass is 16.2. The molecule has 126 valence electrons. The van der Waals surface area contributed by atoms with E-state index in [4.69, 9.17) is 5.73 Å². The number of anilines is 2. The molecule has 6 heteroatoms. The Morgan fingerprint density at radius 1 is 1.13 bits per heavy atom. The molecular formula is C17H26N4O2. The third-order valence-corrected chi connectivity index (χ3v) is 4.19. The zero-order chi connectivity index (χ0) is 16.8. The summed E-state index contributed by atoms with van der Waals surface area (Å²) in [5, 5.41) is 5.76. The lowest BCUT2D eigenvalue weighted by atomic mass is 9.95. The van der Waals surface area contributed by atoms with Crippen LogP contribution in [0.3, 0.4) is 0 Å². The van der Waals surface area contributed by atoms with E-state index >= 15 is 0 Å².